The van der Waals surface area contributed by atoms with Crippen LogP contribution in [0, 0.1) is 13.8 Å². The summed E-state index contributed by atoms with van der Waals surface area (Å²) < 4.78 is 16.6. The maximum atomic E-state index is 5.77. The van der Waals surface area contributed by atoms with Crippen LogP contribution in [0.2, 0.25) is 0 Å². The van der Waals surface area contributed by atoms with Gasteiger partial charge in [-0.15, -0.1) is 10.2 Å². The Balaban J connectivity index is 1.70. The first kappa shape index (κ1) is 15.1. The summed E-state index contributed by atoms with van der Waals surface area (Å²) in [4.78, 5) is 0. The molecule has 0 atom stereocenters. The predicted molar refractivity (Wildman–Crippen MR) is 86.5 cm³/mol. The zero-order valence-electron chi connectivity index (χ0n) is 13.4. The minimum Gasteiger partial charge on any atom is -0.497 e. The van der Waals surface area contributed by atoms with Crippen molar-refractivity contribution in [3.05, 3.63) is 59.5 Å². The Labute approximate surface area is 134 Å². The van der Waals surface area contributed by atoms with Gasteiger partial charge in [0.25, 0.3) is 5.89 Å². The number of methoxy groups -OCH3 is 1. The predicted octanol–water partition coefficient (Wildman–Crippen LogP) is 3.94. The van der Waals surface area contributed by atoms with Gasteiger partial charge in [0.2, 0.25) is 5.89 Å². The molecule has 1 heterocycles. The molecular weight excluding hydrogens is 292 g/mol. The molecule has 3 rings (SSSR count). The molecule has 0 amide bonds. The minimum atomic E-state index is 0.244. The van der Waals surface area contributed by atoms with Gasteiger partial charge in [-0.2, -0.15) is 0 Å². The maximum absolute atomic E-state index is 5.77. The zero-order valence-corrected chi connectivity index (χ0v) is 13.4. The molecular formula is C18H18N2O3. The van der Waals surface area contributed by atoms with E-state index in [4.69, 9.17) is 13.9 Å². The highest BCUT2D eigenvalue weighted by molar-refractivity contribution is 5.53. The average Bonchev–Trinajstić information content (AvgIpc) is 3.05. The van der Waals surface area contributed by atoms with E-state index in [0.717, 1.165) is 28.2 Å². The number of benzene rings is 2. The Morgan fingerprint density at radius 2 is 1.78 bits per heavy atom. The Morgan fingerprint density at radius 1 is 1.00 bits per heavy atom. The standard InChI is InChI=1S/C18H18N2O3/c1-12-4-5-13(2)16(10-12)22-11-17-19-20-18(23-17)14-6-8-15(21-3)9-7-14/h4-10H,11H2,1-3H3. The van der Waals surface area contributed by atoms with E-state index in [0.29, 0.717) is 11.8 Å². The lowest BCUT2D eigenvalue weighted by atomic mass is 10.1. The number of nitrogens with zero attached hydrogens (tertiary/aromatic N) is 2. The van der Waals surface area contributed by atoms with Crippen molar-refractivity contribution < 1.29 is 13.9 Å². The number of aryl methyl sites for hydroxylation is 2. The SMILES string of the molecule is COc1ccc(-c2nnc(COc3cc(C)ccc3C)o2)cc1. The van der Waals surface area contributed by atoms with Crippen LogP contribution in [0.1, 0.15) is 17.0 Å². The van der Waals surface area contributed by atoms with Gasteiger partial charge in [0.1, 0.15) is 11.5 Å². The first-order valence-electron chi connectivity index (χ1n) is 7.32. The van der Waals surface area contributed by atoms with Crippen LogP contribution in [0.4, 0.5) is 0 Å². The smallest absolute Gasteiger partial charge is 0.254 e. The highest BCUT2D eigenvalue weighted by Gasteiger charge is 2.10. The van der Waals surface area contributed by atoms with Crippen molar-refractivity contribution in [1.29, 1.82) is 0 Å². The summed E-state index contributed by atoms with van der Waals surface area (Å²) in [6, 6.07) is 13.5. The Kier molecular flexibility index (Phi) is 4.28. The van der Waals surface area contributed by atoms with E-state index < -0.39 is 0 Å². The topological polar surface area (TPSA) is 57.4 Å². The van der Waals surface area contributed by atoms with Gasteiger partial charge in [-0.25, -0.2) is 0 Å². The van der Waals surface area contributed by atoms with E-state index in [2.05, 4.69) is 16.3 Å². The monoisotopic (exact) mass is 310 g/mol. The second kappa shape index (κ2) is 6.52. The van der Waals surface area contributed by atoms with E-state index in [9.17, 15) is 0 Å². The highest BCUT2D eigenvalue weighted by atomic mass is 16.5. The van der Waals surface area contributed by atoms with E-state index in [1.807, 2.05) is 50.2 Å². The summed E-state index contributed by atoms with van der Waals surface area (Å²) in [5.41, 5.74) is 3.07. The normalized spacial score (nSPS) is 10.6. The van der Waals surface area contributed by atoms with Gasteiger partial charge >= 0.3 is 0 Å². The average molecular weight is 310 g/mol. The molecule has 0 bridgehead atoms. The van der Waals surface area contributed by atoms with Crippen LogP contribution in [-0.4, -0.2) is 17.3 Å². The van der Waals surface area contributed by atoms with Gasteiger partial charge in [0, 0.05) is 5.56 Å². The number of hydrogen-bond acceptors (Lipinski definition) is 5. The Morgan fingerprint density at radius 3 is 2.52 bits per heavy atom. The molecule has 0 spiro atoms. The molecule has 1 aromatic heterocycles. The molecule has 0 aliphatic rings. The summed E-state index contributed by atoms with van der Waals surface area (Å²) >= 11 is 0. The molecule has 2 aromatic carbocycles. The van der Waals surface area contributed by atoms with E-state index in [-0.39, 0.29) is 6.61 Å². The second-order valence-electron chi connectivity index (χ2n) is 5.29. The molecule has 0 saturated carbocycles. The third-order valence-electron chi connectivity index (χ3n) is 3.50. The fourth-order valence-electron chi connectivity index (χ4n) is 2.16. The summed E-state index contributed by atoms with van der Waals surface area (Å²) in [6.07, 6.45) is 0. The number of aromatic nitrogens is 2. The van der Waals surface area contributed by atoms with E-state index in [1.54, 1.807) is 7.11 Å². The molecule has 3 aromatic rings. The van der Waals surface area contributed by atoms with Crippen molar-refractivity contribution in [2.24, 2.45) is 0 Å². The van der Waals surface area contributed by atoms with E-state index in [1.165, 1.54) is 0 Å². The van der Waals surface area contributed by atoms with Crippen LogP contribution in [-0.2, 0) is 6.61 Å². The summed E-state index contributed by atoms with van der Waals surface area (Å²) in [5.74, 6) is 2.52. The lowest BCUT2D eigenvalue weighted by molar-refractivity contribution is 0.263. The Bertz CT molecular complexity index is 794. The molecule has 0 aliphatic carbocycles. The van der Waals surface area contributed by atoms with Crippen molar-refractivity contribution >= 4 is 0 Å². The van der Waals surface area contributed by atoms with Gasteiger partial charge in [-0.1, -0.05) is 12.1 Å². The van der Waals surface area contributed by atoms with Crippen molar-refractivity contribution in [3.63, 3.8) is 0 Å². The lowest BCUT2D eigenvalue weighted by Gasteiger charge is -2.07. The number of rotatable bonds is 5. The number of hydrogen-bond donors (Lipinski definition) is 0. The summed E-state index contributed by atoms with van der Waals surface area (Å²) in [7, 11) is 1.63. The molecule has 118 valence electrons. The van der Waals surface area contributed by atoms with Crippen molar-refractivity contribution in [2.45, 2.75) is 20.5 Å². The van der Waals surface area contributed by atoms with Gasteiger partial charge < -0.3 is 13.9 Å². The van der Waals surface area contributed by atoms with Gasteiger partial charge in [0.05, 0.1) is 7.11 Å². The summed E-state index contributed by atoms with van der Waals surface area (Å²) in [5, 5.41) is 8.09. The van der Waals surface area contributed by atoms with Crippen molar-refractivity contribution in [3.8, 4) is 23.0 Å². The third kappa shape index (κ3) is 3.51. The first-order valence-corrected chi connectivity index (χ1v) is 7.32. The van der Waals surface area contributed by atoms with Crippen LogP contribution in [0.15, 0.2) is 46.9 Å². The quantitative estimate of drug-likeness (QED) is 0.714. The molecule has 0 saturated heterocycles. The maximum Gasteiger partial charge on any atom is 0.254 e. The lowest BCUT2D eigenvalue weighted by Crippen LogP contribution is -1.97. The molecule has 5 heteroatoms. The molecule has 0 unspecified atom stereocenters. The van der Waals surface area contributed by atoms with Crippen LogP contribution < -0.4 is 9.47 Å². The minimum absolute atomic E-state index is 0.244. The molecule has 0 fully saturated rings. The van der Waals surface area contributed by atoms with E-state index >= 15 is 0 Å². The van der Waals surface area contributed by atoms with Crippen molar-refractivity contribution in [2.75, 3.05) is 7.11 Å². The number of ether oxygens (including phenoxy) is 2. The summed E-state index contributed by atoms with van der Waals surface area (Å²) in [6.45, 7) is 4.28. The second-order valence-corrected chi connectivity index (χ2v) is 5.29. The Hall–Kier alpha value is -2.82. The fourth-order valence-corrected chi connectivity index (χ4v) is 2.16. The molecule has 0 N–H and O–H groups in total. The van der Waals surface area contributed by atoms with Crippen molar-refractivity contribution in [1.82, 2.24) is 10.2 Å². The van der Waals surface area contributed by atoms with Crippen LogP contribution in [0.5, 0.6) is 11.5 Å². The van der Waals surface area contributed by atoms with Gasteiger partial charge in [-0.05, 0) is 55.3 Å². The molecule has 5 nitrogen and oxygen atoms in total. The molecule has 0 aliphatic heterocycles. The highest BCUT2D eigenvalue weighted by Crippen LogP contribution is 2.23. The molecule has 23 heavy (non-hydrogen) atoms. The largest absolute Gasteiger partial charge is 0.497 e. The zero-order chi connectivity index (χ0) is 16.2. The van der Waals surface area contributed by atoms with Crippen LogP contribution in [0.3, 0.4) is 0 Å². The van der Waals surface area contributed by atoms with Crippen LogP contribution in [0.25, 0.3) is 11.5 Å². The third-order valence-corrected chi connectivity index (χ3v) is 3.50. The van der Waals surface area contributed by atoms with Gasteiger partial charge in [0.15, 0.2) is 6.61 Å². The molecule has 0 radical (unpaired) electrons. The van der Waals surface area contributed by atoms with Gasteiger partial charge in [-0.3, -0.25) is 0 Å². The first-order chi connectivity index (χ1) is 11.2. The van der Waals surface area contributed by atoms with Crippen LogP contribution >= 0.6 is 0 Å². The fraction of sp³-hybridized carbons (Fsp3) is 0.222.